The lowest BCUT2D eigenvalue weighted by molar-refractivity contribution is 0.0961. The van der Waals surface area contributed by atoms with Gasteiger partial charge in [-0.15, -0.1) is 0 Å². The highest BCUT2D eigenvalue weighted by Gasteiger charge is 2.25. The first-order valence-corrected chi connectivity index (χ1v) is 20.3. The Bertz CT molecular complexity index is 3850. The van der Waals surface area contributed by atoms with Crippen LogP contribution in [0.1, 0.15) is 20.7 Å². The fourth-order valence-corrected chi connectivity index (χ4v) is 9.77. The highest BCUT2D eigenvalue weighted by Crippen LogP contribution is 2.43. The number of rotatable bonds is 3. The van der Waals surface area contributed by atoms with Gasteiger partial charge in [0.1, 0.15) is 5.52 Å². The van der Waals surface area contributed by atoms with Crippen molar-refractivity contribution in [1.82, 2.24) is 19.1 Å². The van der Waals surface area contributed by atoms with Crippen molar-refractivity contribution in [2.45, 2.75) is 0 Å². The number of carbonyl (C=O) groups is 2. The van der Waals surface area contributed by atoms with Crippen molar-refractivity contribution in [3.63, 3.8) is 0 Å². The summed E-state index contributed by atoms with van der Waals surface area (Å²) in [6, 6.07) is 54.9. The maximum Gasteiger partial charge on any atom is 0.262 e. The highest BCUT2D eigenvalue weighted by molar-refractivity contribution is 6.43. The van der Waals surface area contributed by atoms with Crippen LogP contribution in [-0.4, -0.2) is 30.9 Å². The van der Waals surface area contributed by atoms with Crippen molar-refractivity contribution in [3.05, 3.63) is 191 Å². The molecule has 8 heteroatoms. The van der Waals surface area contributed by atoms with E-state index in [1.165, 1.54) is 0 Å². The molecule has 12 rings (SSSR count). The van der Waals surface area contributed by atoms with Crippen LogP contribution >= 0.6 is 23.2 Å². The van der Waals surface area contributed by atoms with Crippen molar-refractivity contribution in [2.75, 3.05) is 0 Å². The normalized spacial score (nSPS) is 12.0. The summed E-state index contributed by atoms with van der Waals surface area (Å²) in [6.07, 6.45) is 0. The summed E-state index contributed by atoms with van der Waals surface area (Å²) in [6.45, 7) is 0. The Kier molecular flexibility index (Phi) is 7.54. The van der Waals surface area contributed by atoms with Gasteiger partial charge in [-0.2, -0.15) is 0 Å². The van der Waals surface area contributed by atoms with E-state index in [0.29, 0.717) is 54.3 Å². The molecule has 12 aromatic rings. The van der Waals surface area contributed by atoms with Crippen LogP contribution in [0.3, 0.4) is 0 Å². The molecule has 3 aromatic heterocycles. The molecule has 282 valence electrons. The van der Waals surface area contributed by atoms with E-state index >= 15 is 4.79 Å². The van der Waals surface area contributed by atoms with E-state index in [2.05, 4.69) is 30.3 Å². The van der Waals surface area contributed by atoms with Gasteiger partial charge < -0.3 is 0 Å². The summed E-state index contributed by atoms with van der Waals surface area (Å²) < 4.78 is 3.45. The Morgan fingerprint density at radius 1 is 0.450 bits per heavy atom. The minimum atomic E-state index is -0.198. The Labute approximate surface area is 351 Å². The van der Waals surface area contributed by atoms with Crippen LogP contribution in [0.2, 0.25) is 10.0 Å². The molecular formula is C52H28Cl2N4O2. The van der Waals surface area contributed by atoms with Gasteiger partial charge in [0, 0.05) is 38.2 Å². The third kappa shape index (κ3) is 4.95. The lowest BCUT2D eigenvalue weighted by Gasteiger charge is -2.12. The minimum Gasteiger partial charge on any atom is -0.274 e. The lowest BCUT2D eigenvalue weighted by atomic mass is 10.00. The number of hydrogen-bond donors (Lipinski definition) is 0. The molecular weight excluding hydrogens is 784 g/mol. The lowest BCUT2D eigenvalue weighted by Crippen LogP contribution is -2.12. The van der Waals surface area contributed by atoms with Crippen molar-refractivity contribution in [2.24, 2.45) is 0 Å². The number of benzene rings is 9. The molecule has 0 amide bonds. The Morgan fingerprint density at radius 2 is 1.10 bits per heavy atom. The maximum absolute atomic E-state index is 15.0. The van der Waals surface area contributed by atoms with Gasteiger partial charge >= 0.3 is 0 Å². The largest absolute Gasteiger partial charge is 0.274 e. The van der Waals surface area contributed by atoms with Crippen molar-refractivity contribution < 1.29 is 9.59 Å². The average molecular weight is 812 g/mol. The number of carbonyl (C=O) groups excluding carboxylic acids is 2. The van der Waals surface area contributed by atoms with Gasteiger partial charge in [-0.05, 0) is 81.7 Å². The number of fused-ring (bicyclic) bond motifs is 12. The molecule has 0 saturated heterocycles. The summed E-state index contributed by atoms with van der Waals surface area (Å²) in [5.41, 5.74) is 7.83. The predicted octanol–water partition coefficient (Wildman–Crippen LogP) is 13.7. The molecule has 0 bridgehead atoms. The van der Waals surface area contributed by atoms with Crippen LogP contribution in [0.15, 0.2) is 170 Å². The monoisotopic (exact) mass is 810 g/mol. The Morgan fingerprint density at radius 3 is 1.93 bits per heavy atom. The standard InChI is InChI=1S/C52H28Cl2N4O2/c53-39-27-32-15-5-7-19-35(32)45-44-34-18-6-4-12-29(34)24-25-43(44)58(50(39)45)52(60)33-17-10-16-31(26-33)36-21-11-22-40-47(36)56-41-28-38-37-20-8-9-23-42(37)57(49(38)46(54)48(41)55-40)51(59)30-13-2-1-3-14-30/h1-28H. The molecule has 0 N–H and O–H groups in total. The first-order chi connectivity index (χ1) is 29.4. The van der Waals surface area contributed by atoms with Gasteiger partial charge in [0.15, 0.2) is 0 Å². The van der Waals surface area contributed by atoms with Crippen LogP contribution in [0.25, 0.3) is 98.4 Å². The topological polar surface area (TPSA) is 69.8 Å². The second kappa shape index (κ2) is 13.1. The van der Waals surface area contributed by atoms with Gasteiger partial charge in [0.25, 0.3) is 11.8 Å². The molecule has 0 fully saturated rings. The number of halogens is 2. The SMILES string of the molecule is O=C(c1ccccc1)n1c2ccccc2c2cc3nc4c(-c5cccc(C(=O)n6c7ccc8ccccc8c7c7c8ccccc8cc(Cl)c76)c5)cccc4nc3c(Cl)c21. The summed E-state index contributed by atoms with van der Waals surface area (Å²) >= 11 is 14.4. The number of aromatic nitrogens is 4. The van der Waals surface area contributed by atoms with E-state index < -0.39 is 0 Å². The zero-order valence-corrected chi connectivity index (χ0v) is 33.0. The summed E-state index contributed by atoms with van der Waals surface area (Å²) in [5.74, 6) is -0.380. The molecule has 0 aliphatic carbocycles. The molecule has 6 nitrogen and oxygen atoms in total. The van der Waals surface area contributed by atoms with E-state index in [4.69, 9.17) is 33.2 Å². The molecule has 0 aliphatic heterocycles. The highest BCUT2D eigenvalue weighted by atomic mass is 35.5. The van der Waals surface area contributed by atoms with Gasteiger partial charge in [-0.25, -0.2) is 9.97 Å². The second-order valence-electron chi connectivity index (χ2n) is 15.1. The van der Waals surface area contributed by atoms with Crippen LogP contribution < -0.4 is 0 Å². The molecule has 0 radical (unpaired) electrons. The zero-order valence-electron chi connectivity index (χ0n) is 31.5. The minimum absolute atomic E-state index is 0.182. The second-order valence-corrected chi connectivity index (χ2v) is 15.9. The van der Waals surface area contributed by atoms with Crippen molar-refractivity contribution >= 4 is 122 Å². The van der Waals surface area contributed by atoms with Gasteiger partial charge in [-0.1, -0.05) is 138 Å². The molecule has 0 unspecified atom stereocenters. The van der Waals surface area contributed by atoms with E-state index in [1.807, 2.05) is 127 Å². The fraction of sp³-hybridized carbons (Fsp3) is 0. The summed E-state index contributed by atoms with van der Waals surface area (Å²) in [7, 11) is 0. The van der Waals surface area contributed by atoms with E-state index in [9.17, 15) is 4.79 Å². The first kappa shape index (κ1) is 34.6. The van der Waals surface area contributed by atoms with E-state index in [-0.39, 0.29) is 11.8 Å². The van der Waals surface area contributed by atoms with Crippen LogP contribution in [0, 0.1) is 0 Å². The summed E-state index contributed by atoms with van der Waals surface area (Å²) in [4.78, 5) is 39.4. The predicted molar refractivity (Wildman–Crippen MR) is 246 cm³/mol. The maximum atomic E-state index is 15.0. The number of nitrogens with zero attached hydrogens (tertiary/aromatic N) is 4. The smallest absolute Gasteiger partial charge is 0.262 e. The molecule has 60 heavy (non-hydrogen) atoms. The van der Waals surface area contributed by atoms with Crippen LogP contribution in [0.5, 0.6) is 0 Å². The Balaban J connectivity index is 1.04. The first-order valence-electron chi connectivity index (χ1n) is 19.5. The number of para-hydroxylation sites is 2. The van der Waals surface area contributed by atoms with Crippen molar-refractivity contribution in [1.29, 1.82) is 0 Å². The van der Waals surface area contributed by atoms with Crippen LogP contribution in [0.4, 0.5) is 0 Å². The van der Waals surface area contributed by atoms with Gasteiger partial charge in [0.2, 0.25) is 0 Å². The third-order valence-electron chi connectivity index (χ3n) is 11.8. The summed E-state index contributed by atoms with van der Waals surface area (Å²) in [5, 5.41) is 8.66. The quantitative estimate of drug-likeness (QED) is 0.167. The molecule has 9 aromatic carbocycles. The van der Waals surface area contributed by atoms with E-state index in [0.717, 1.165) is 65.3 Å². The molecule has 0 atom stereocenters. The molecule has 0 aliphatic rings. The Hall–Kier alpha value is -7.38. The zero-order chi connectivity index (χ0) is 40.2. The van der Waals surface area contributed by atoms with E-state index in [1.54, 1.807) is 21.3 Å². The van der Waals surface area contributed by atoms with Gasteiger partial charge in [0.05, 0.1) is 48.7 Å². The van der Waals surface area contributed by atoms with Gasteiger partial charge in [-0.3, -0.25) is 18.7 Å². The molecule has 0 spiro atoms. The molecule has 3 heterocycles. The van der Waals surface area contributed by atoms with Crippen LogP contribution in [-0.2, 0) is 0 Å². The molecule has 0 saturated carbocycles. The number of hydrogen-bond acceptors (Lipinski definition) is 4. The average Bonchev–Trinajstić information content (AvgIpc) is 3.83. The fourth-order valence-electron chi connectivity index (χ4n) is 9.15. The third-order valence-corrected chi connectivity index (χ3v) is 12.4. The van der Waals surface area contributed by atoms with Crippen molar-refractivity contribution in [3.8, 4) is 11.1 Å².